The molecule has 0 aromatic carbocycles. The van der Waals surface area contributed by atoms with Gasteiger partial charge in [-0.3, -0.25) is 19.3 Å². The Balaban J connectivity index is 2.17. The standard InChI is InChI=1S/C11H11NO3S/c13-7-8-4-5-9(16-8)11(15)12-6-2-1-3-10(12)14/h4-5,7H,1-3,6H2. The molecule has 84 valence electrons. The van der Waals surface area contributed by atoms with Crippen molar-refractivity contribution in [2.45, 2.75) is 19.3 Å². The molecule has 0 saturated carbocycles. The third-order valence-corrected chi connectivity index (χ3v) is 3.52. The summed E-state index contributed by atoms with van der Waals surface area (Å²) in [6, 6.07) is 3.19. The van der Waals surface area contributed by atoms with Crippen LogP contribution in [0.15, 0.2) is 12.1 Å². The van der Waals surface area contributed by atoms with Gasteiger partial charge in [0.25, 0.3) is 5.91 Å². The van der Waals surface area contributed by atoms with E-state index < -0.39 is 0 Å². The molecule has 0 atom stereocenters. The molecule has 1 aliphatic rings. The molecule has 0 radical (unpaired) electrons. The van der Waals surface area contributed by atoms with Gasteiger partial charge in [0.2, 0.25) is 5.91 Å². The summed E-state index contributed by atoms with van der Waals surface area (Å²) in [4.78, 5) is 36.2. The van der Waals surface area contributed by atoms with Crippen molar-refractivity contribution < 1.29 is 14.4 Å². The average molecular weight is 237 g/mol. The quantitative estimate of drug-likeness (QED) is 0.581. The largest absolute Gasteiger partial charge is 0.297 e. The van der Waals surface area contributed by atoms with Crippen molar-refractivity contribution in [3.05, 3.63) is 21.9 Å². The highest BCUT2D eigenvalue weighted by Crippen LogP contribution is 2.19. The van der Waals surface area contributed by atoms with E-state index in [1.54, 1.807) is 12.1 Å². The number of thiophene rings is 1. The van der Waals surface area contributed by atoms with Gasteiger partial charge in [-0.05, 0) is 25.0 Å². The van der Waals surface area contributed by atoms with Gasteiger partial charge >= 0.3 is 0 Å². The minimum absolute atomic E-state index is 0.114. The molecular weight excluding hydrogens is 226 g/mol. The monoisotopic (exact) mass is 237 g/mol. The highest BCUT2D eigenvalue weighted by molar-refractivity contribution is 7.15. The lowest BCUT2D eigenvalue weighted by Crippen LogP contribution is -2.39. The van der Waals surface area contributed by atoms with Crippen LogP contribution in [-0.2, 0) is 4.79 Å². The van der Waals surface area contributed by atoms with Crippen LogP contribution in [0.2, 0.25) is 0 Å². The first-order valence-corrected chi connectivity index (χ1v) is 5.94. The summed E-state index contributed by atoms with van der Waals surface area (Å²) >= 11 is 1.13. The number of nitrogens with zero attached hydrogens (tertiary/aromatic N) is 1. The molecule has 0 spiro atoms. The van der Waals surface area contributed by atoms with E-state index in [0.29, 0.717) is 29.0 Å². The van der Waals surface area contributed by atoms with Crippen molar-refractivity contribution in [1.82, 2.24) is 4.90 Å². The van der Waals surface area contributed by atoms with Gasteiger partial charge in [0.15, 0.2) is 6.29 Å². The van der Waals surface area contributed by atoms with Gasteiger partial charge in [-0.2, -0.15) is 0 Å². The number of rotatable bonds is 2. The number of likely N-dealkylation sites (tertiary alicyclic amines) is 1. The summed E-state index contributed by atoms with van der Waals surface area (Å²) in [6.07, 6.45) is 2.87. The fourth-order valence-electron chi connectivity index (χ4n) is 1.68. The number of piperidine rings is 1. The number of hydrogen-bond donors (Lipinski definition) is 0. The second kappa shape index (κ2) is 4.57. The van der Waals surface area contributed by atoms with E-state index in [2.05, 4.69) is 0 Å². The molecule has 16 heavy (non-hydrogen) atoms. The zero-order chi connectivity index (χ0) is 11.5. The van der Waals surface area contributed by atoms with Crippen LogP contribution >= 0.6 is 11.3 Å². The summed E-state index contributed by atoms with van der Waals surface area (Å²) in [5.74, 6) is -0.389. The fraction of sp³-hybridized carbons (Fsp3) is 0.364. The molecule has 1 aromatic heterocycles. The van der Waals surface area contributed by atoms with E-state index in [0.717, 1.165) is 24.2 Å². The zero-order valence-corrected chi connectivity index (χ0v) is 9.46. The average Bonchev–Trinajstić information content (AvgIpc) is 2.77. The van der Waals surface area contributed by atoms with Gasteiger partial charge in [0.1, 0.15) is 0 Å². The predicted molar refractivity (Wildman–Crippen MR) is 59.6 cm³/mol. The Hall–Kier alpha value is -1.49. The van der Waals surface area contributed by atoms with Crippen LogP contribution in [0, 0.1) is 0 Å². The first kappa shape index (κ1) is 11.0. The van der Waals surface area contributed by atoms with Crippen LogP contribution in [0.4, 0.5) is 0 Å². The highest BCUT2D eigenvalue weighted by atomic mass is 32.1. The summed E-state index contributed by atoms with van der Waals surface area (Å²) in [5, 5.41) is 0. The van der Waals surface area contributed by atoms with Crippen LogP contribution < -0.4 is 0 Å². The molecule has 2 rings (SSSR count). The Labute approximate surface area is 96.9 Å². The van der Waals surface area contributed by atoms with Crippen molar-refractivity contribution in [2.75, 3.05) is 6.54 Å². The summed E-state index contributed by atoms with van der Waals surface area (Å²) in [7, 11) is 0. The number of carbonyl (C=O) groups excluding carboxylic acids is 3. The molecule has 5 heteroatoms. The van der Waals surface area contributed by atoms with Gasteiger partial charge in [0, 0.05) is 13.0 Å². The second-order valence-corrected chi connectivity index (χ2v) is 4.74. The topological polar surface area (TPSA) is 54.5 Å². The molecule has 1 fully saturated rings. The number of hydrogen-bond acceptors (Lipinski definition) is 4. The minimum atomic E-state index is -0.275. The molecule has 2 heterocycles. The van der Waals surface area contributed by atoms with Gasteiger partial charge in [0.05, 0.1) is 9.75 Å². The third kappa shape index (κ3) is 2.04. The van der Waals surface area contributed by atoms with E-state index in [1.807, 2.05) is 0 Å². The Morgan fingerprint density at radius 3 is 2.81 bits per heavy atom. The van der Waals surface area contributed by atoms with Crippen LogP contribution in [0.25, 0.3) is 0 Å². The summed E-state index contributed by atoms with van der Waals surface area (Å²) in [5.41, 5.74) is 0. The third-order valence-electron chi connectivity index (χ3n) is 2.52. The first-order chi connectivity index (χ1) is 7.72. The lowest BCUT2D eigenvalue weighted by molar-refractivity contribution is -0.130. The van der Waals surface area contributed by atoms with Crippen LogP contribution in [-0.4, -0.2) is 29.5 Å². The predicted octanol–water partition coefficient (Wildman–Crippen LogP) is 1.71. The van der Waals surface area contributed by atoms with Gasteiger partial charge in [-0.1, -0.05) is 0 Å². The van der Waals surface area contributed by atoms with Gasteiger partial charge in [-0.15, -0.1) is 11.3 Å². The number of carbonyl (C=O) groups is 3. The highest BCUT2D eigenvalue weighted by Gasteiger charge is 2.26. The normalized spacial score (nSPS) is 16.2. The van der Waals surface area contributed by atoms with E-state index in [1.165, 1.54) is 4.90 Å². The lowest BCUT2D eigenvalue weighted by Gasteiger charge is -2.24. The van der Waals surface area contributed by atoms with Gasteiger partial charge < -0.3 is 0 Å². The summed E-state index contributed by atoms with van der Waals surface area (Å²) in [6.45, 7) is 0.492. The van der Waals surface area contributed by atoms with Crippen LogP contribution in [0.5, 0.6) is 0 Å². The maximum Gasteiger partial charge on any atom is 0.270 e. The fourth-order valence-corrected chi connectivity index (χ4v) is 2.46. The summed E-state index contributed by atoms with van der Waals surface area (Å²) < 4.78 is 0. The molecule has 0 unspecified atom stereocenters. The smallest absolute Gasteiger partial charge is 0.270 e. The Bertz CT molecular complexity index is 438. The van der Waals surface area contributed by atoms with E-state index in [4.69, 9.17) is 0 Å². The van der Waals surface area contributed by atoms with Crippen molar-refractivity contribution in [1.29, 1.82) is 0 Å². The minimum Gasteiger partial charge on any atom is -0.297 e. The Morgan fingerprint density at radius 2 is 2.19 bits per heavy atom. The van der Waals surface area contributed by atoms with Crippen molar-refractivity contribution in [3.63, 3.8) is 0 Å². The van der Waals surface area contributed by atoms with E-state index >= 15 is 0 Å². The number of imide groups is 1. The molecule has 0 aliphatic carbocycles. The second-order valence-electron chi connectivity index (χ2n) is 3.63. The molecule has 2 amide bonds. The molecular formula is C11H11NO3S. The van der Waals surface area contributed by atoms with Crippen LogP contribution in [0.3, 0.4) is 0 Å². The Morgan fingerprint density at radius 1 is 1.38 bits per heavy atom. The van der Waals surface area contributed by atoms with E-state index in [-0.39, 0.29) is 11.8 Å². The van der Waals surface area contributed by atoms with Crippen LogP contribution in [0.1, 0.15) is 38.6 Å². The van der Waals surface area contributed by atoms with Crippen molar-refractivity contribution >= 4 is 29.4 Å². The molecule has 1 aliphatic heterocycles. The number of amides is 2. The maximum atomic E-state index is 11.9. The van der Waals surface area contributed by atoms with Gasteiger partial charge in [-0.25, -0.2) is 0 Å². The lowest BCUT2D eigenvalue weighted by atomic mass is 10.1. The Kier molecular flexibility index (Phi) is 3.14. The zero-order valence-electron chi connectivity index (χ0n) is 8.64. The maximum absolute atomic E-state index is 11.9. The molecule has 4 nitrogen and oxygen atoms in total. The molecule has 0 bridgehead atoms. The number of aldehydes is 1. The van der Waals surface area contributed by atoms with Crippen molar-refractivity contribution in [2.24, 2.45) is 0 Å². The van der Waals surface area contributed by atoms with E-state index in [9.17, 15) is 14.4 Å². The SMILES string of the molecule is O=Cc1ccc(C(=O)N2CCCCC2=O)s1. The molecule has 1 aromatic rings. The molecule has 0 N–H and O–H groups in total. The molecule has 1 saturated heterocycles. The first-order valence-electron chi connectivity index (χ1n) is 5.12. The van der Waals surface area contributed by atoms with Crippen molar-refractivity contribution in [3.8, 4) is 0 Å².